The maximum Gasteiger partial charge on any atom is 0.0652 e. The third-order valence-corrected chi connectivity index (χ3v) is 3.96. The molecule has 2 aromatic carbocycles. The van der Waals surface area contributed by atoms with Crippen LogP contribution in [-0.4, -0.2) is 0 Å². The van der Waals surface area contributed by atoms with Gasteiger partial charge in [0.15, 0.2) is 0 Å². The van der Waals surface area contributed by atoms with Gasteiger partial charge in [-0.05, 0) is 27.8 Å². The molecule has 0 aliphatic rings. The van der Waals surface area contributed by atoms with E-state index in [1.165, 1.54) is 21.2 Å². The van der Waals surface area contributed by atoms with Crippen molar-refractivity contribution in [2.75, 3.05) is 0 Å². The topological polar surface area (TPSA) is 26.0 Å². The second-order valence-corrected chi connectivity index (χ2v) is 5.04. The van der Waals surface area contributed by atoms with Gasteiger partial charge in [0, 0.05) is 4.88 Å². The van der Waals surface area contributed by atoms with E-state index in [0.29, 0.717) is 0 Å². The Kier molecular flexibility index (Phi) is 4.02. The molecule has 0 aliphatic carbocycles. The van der Waals surface area contributed by atoms with E-state index in [9.17, 15) is 0 Å². The summed E-state index contributed by atoms with van der Waals surface area (Å²) in [5.74, 6) is 0. The van der Waals surface area contributed by atoms with Crippen LogP contribution >= 0.6 is 23.7 Å². The number of halogens is 1. The Bertz CT molecular complexity index is 629. The summed E-state index contributed by atoms with van der Waals surface area (Å²) >= 11 is 1.71. The largest absolute Gasteiger partial charge is 0.320 e. The number of hydrogen-bond donors (Lipinski definition) is 1. The number of thiophene rings is 1. The van der Waals surface area contributed by atoms with Crippen molar-refractivity contribution < 1.29 is 0 Å². The fourth-order valence-electron chi connectivity index (χ4n) is 2.14. The summed E-state index contributed by atoms with van der Waals surface area (Å²) in [7, 11) is 0. The van der Waals surface area contributed by atoms with Crippen LogP contribution in [-0.2, 0) is 0 Å². The van der Waals surface area contributed by atoms with Crippen LogP contribution in [0.2, 0.25) is 0 Å². The van der Waals surface area contributed by atoms with Gasteiger partial charge in [0.05, 0.1) is 6.04 Å². The minimum atomic E-state index is -0.0268. The highest BCUT2D eigenvalue weighted by Gasteiger charge is 2.12. The molecule has 1 aromatic heterocycles. The molecule has 1 heterocycles. The predicted molar refractivity (Wildman–Crippen MR) is 81.5 cm³/mol. The van der Waals surface area contributed by atoms with E-state index in [2.05, 4.69) is 53.9 Å². The molecule has 0 bridgehead atoms. The lowest BCUT2D eigenvalue weighted by Gasteiger charge is -2.13. The summed E-state index contributed by atoms with van der Waals surface area (Å²) in [5, 5.41) is 4.56. The first kappa shape index (κ1) is 13.1. The Balaban J connectivity index is 0.00000120. The monoisotopic (exact) mass is 275 g/mol. The molecule has 0 spiro atoms. The number of nitrogens with two attached hydrogens (primary N) is 1. The third-order valence-electron chi connectivity index (χ3n) is 3.01. The quantitative estimate of drug-likeness (QED) is 0.738. The molecule has 0 saturated carbocycles. The van der Waals surface area contributed by atoms with E-state index in [-0.39, 0.29) is 18.4 Å². The van der Waals surface area contributed by atoms with E-state index in [1.807, 2.05) is 6.07 Å². The highest BCUT2D eigenvalue weighted by molar-refractivity contribution is 7.10. The van der Waals surface area contributed by atoms with E-state index < -0.39 is 0 Å². The predicted octanol–water partition coefficient (Wildman–Crippen LogP) is 4.37. The average molecular weight is 276 g/mol. The summed E-state index contributed by atoms with van der Waals surface area (Å²) in [6.45, 7) is 0. The van der Waals surface area contributed by atoms with E-state index in [1.54, 1.807) is 11.3 Å². The molecule has 18 heavy (non-hydrogen) atoms. The molecule has 1 atom stereocenters. The third kappa shape index (κ3) is 2.27. The Morgan fingerprint density at radius 1 is 0.889 bits per heavy atom. The number of hydrogen-bond acceptors (Lipinski definition) is 2. The zero-order valence-electron chi connectivity index (χ0n) is 9.74. The molecule has 0 amide bonds. The first-order valence-electron chi connectivity index (χ1n) is 5.63. The molecule has 1 nitrogen and oxygen atoms in total. The van der Waals surface area contributed by atoms with Crippen LogP contribution in [0.15, 0.2) is 60.0 Å². The summed E-state index contributed by atoms with van der Waals surface area (Å²) in [6.07, 6.45) is 0. The van der Waals surface area contributed by atoms with Gasteiger partial charge in [0.2, 0.25) is 0 Å². The molecule has 92 valence electrons. The van der Waals surface area contributed by atoms with Crippen LogP contribution in [0.4, 0.5) is 0 Å². The fraction of sp³-hybridized carbons (Fsp3) is 0.0667. The van der Waals surface area contributed by atoms with Crippen LogP contribution in [0.25, 0.3) is 10.8 Å². The van der Waals surface area contributed by atoms with Crippen LogP contribution < -0.4 is 5.73 Å². The molecule has 2 N–H and O–H groups in total. The minimum Gasteiger partial charge on any atom is -0.320 e. The van der Waals surface area contributed by atoms with Crippen molar-refractivity contribution in [1.29, 1.82) is 0 Å². The van der Waals surface area contributed by atoms with Crippen LogP contribution in [0.5, 0.6) is 0 Å². The van der Waals surface area contributed by atoms with E-state index >= 15 is 0 Å². The van der Waals surface area contributed by atoms with E-state index in [4.69, 9.17) is 5.73 Å². The van der Waals surface area contributed by atoms with Gasteiger partial charge in [0.1, 0.15) is 0 Å². The molecular weight excluding hydrogens is 262 g/mol. The van der Waals surface area contributed by atoms with Gasteiger partial charge in [-0.25, -0.2) is 0 Å². The van der Waals surface area contributed by atoms with Gasteiger partial charge in [-0.3, -0.25) is 0 Å². The van der Waals surface area contributed by atoms with Crippen LogP contribution in [0.1, 0.15) is 16.5 Å². The Morgan fingerprint density at radius 3 is 2.44 bits per heavy atom. The highest BCUT2D eigenvalue weighted by Crippen LogP contribution is 2.29. The van der Waals surface area contributed by atoms with Gasteiger partial charge in [-0.2, -0.15) is 0 Å². The molecule has 0 fully saturated rings. The summed E-state index contributed by atoms with van der Waals surface area (Å²) in [6, 6.07) is 18.8. The van der Waals surface area contributed by atoms with Crippen molar-refractivity contribution in [3.8, 4) is 0 Å². The van der Waals surface area contributed by atoms with Crippen LogP contribution in [0.3, 0.4) is 0 Å². The lowest BCUT2D eigenvalue weighted by Crippen LogP contribution is -2.10. The SMILES string of the molecule is Cl.N[C@@H](c1cccs1)c1cccc2ccccc12. The zero-order chi connectivity index (χ0) is 11.7. The Morgan fingerprint density at radius 2 is 1.67 bits per heavy atom. The zero-order valence-corrected chi connectivity index (χ0v) is 11.4. The highest BCUT2D eigenvalue weighted by atomic mass is 35.5. The standard InChI is InChI=1S/C15H13NS.ClH/c16-15(14-9-4-10-17-14)13-8-3-6-11-5-1-2-7-12(11)13;/h1-10,15H,16H2;1H/t15-;/m1./s1. The molecule has 3 heteroatoms. The molecule has 3 aromatic rings. The van der Waals surface area contributed by atoms with Crippen molar-refractivity contribution in [3.05, 3.63) is 70.4 Å². The van der Waals surface area contributed by atoms with Crippen molar-refractivity contribution >= 4 is 34.5 Å². The summed E-state index contributed by atoms with van der Waals surface area (Å²) in [4.78, 5) is 1.21. The summed E-state index contributed by atoms with van der Waals surface area (Å²) in [5.41, 5.74) is 7.54. The second kappa shape index (κ2) is 5.53. The average Bonchev–Trinajstić information content (AvgIpc) is 2.91. The molecule has 0 aliphatic heterocycles. The lowest BCUT2D eigenvalue weighted by molar-refractivity contribution is 0.903. The van der Waals surface area contributed by atoms with Gasteiger partial charge in [-0.1, -0.05) is 48.5 Å². The normalized spacial score (nSPS) is 12.1. The second-order valence-electron chi connectivity index (χ2n) is 4.06. The van der Waals surface area contributed by atoms with Crippen LogP contribution in [0, 0.1) is 0 Å². The van der Waals surface area contributed by atoms with Gasteiger partial charge in [-0.15, -0.1) is 23.7 Å². The number of rotatable bonds is 2. The maximum absolute atomic E-state index is 6.34. The number of fused-ring (bicyclic) bond motifs is 1. The smallest absolute Gasteiger partial charge is 0.0652 e. The van der Waals surface area contributed by atoms with Crippen molar-refractivity contribution in [3.63, 3.8) is 0 Å². The Labute approximate surface area is 117 Å². The minimum absolute atomic E-state index is 0. The molecule has 0 unspecified atom stereocenters. The van der Waals surface area contributed by atoms with Gasteiger partial charge in [0.25, 0.3) is 0 Å². The lowest BCUT2D eigenvalue weighted by atomic mass is 9.98. The van der Waals surface area contributed by atoms with Crippen molar-refractivity contribution in [1.82, 2.24) is 0 Å². The number of benzene rings is 2. The summed E-state index contributed by atoms with van der Waals surface area (Å²) < 4.78 is 0. The fourth-order valence-corrected chi connectivity index (χ4v) is 2.89. The first-order chi connectivity index (χ1) is 8.36. The van der Waals surface area contributed by atoms with Gasteiger partial charge < -0.3 is 5.73 Å². The van der Waals surface area contributed by atoms with E-state index in [0.717, 1.165) is 0 Å². The molecule has 3 rings (SSSR count). The molecule has 0 radical (unpaired) electrons. The Hall–Kier alpha value is -1.35. The molecular formula is C15H14ClNS. The first-order valence-corrected chi connectivity index (χ1v) is 6.51. The van der Waals surface area contributed by atoms with Crippen molar-refractivity contribution in [2.45, 2.75) is 6.04 Å². The maximum atomic E-state index is 6.34. The molecule has 0 saturated heterocycles. The van der Waals surface area contributed by atoms with Gasteiger partial charge >= 0.3 is 0 Å². The van der Waals surface area contributed by atoms with Crippen molar-refractivity contribution in [2.24, 2.45) is 5.73 Å².